The van der Waals surface area contributed by atoms with Crippen LogP contribution in [0.3, 0.4) is 0 Å². The molecule has 48 heavy (non-hydrogen) atoms. The van der Waals surface area contributed by atoms with Gasteiger partial charge in [-0.15, -0.1) is 11.3 Å². The first-order valence-corrected chi connectivity index (χ1v) is 18.6. The van der Waals surface area contributed by atoms with E-state index in [-0.39, 0.29) is 24.1 Å². The first kappa shape index (κ1) is 39.6. The standard InChI is InChI=1S/C16H21N3O2S.C10H19NO2.C8H12FNO.C2H6.H2/c1-15(2)5-11(15)13(20)19-8-16(9-19)3-4-18(7-16)14(21)12-6-17-10-22-12;12-9-11-6-7-13-8-10-4-2-1-3-5-10;1-2-8(9)3-5-10(7-11)6-4-8;1-2;/h6,10-11H,3-5,7-9H2,1-2H3;9-10H,1-8H2,(H,11,12);2,7H,1,3-6H2;1-2H3;1H/t11-;;;;/m1..../s1. The molecule has 5 aliphatic rings. The average molecular weight is 694 g/mol. The van der Waals surface area contributed by atoms with Crippen LogP contribution in [0.5, 0.6) is 0 Å². The Labute approximate surface area is 292 Å². The highest BCUT2D eigenvalue weighted by molar-refractivity contribution is 7.11. The average Bonchev–Trinajstić information content (AvgIpc) is 3.48. The van der Waals surface area contributed by atoms with Gasteiger partial charge in [0.1, 0.15) is 10.5 Å². The number of allylic oxidation sites excluding steroid dienone is 1. The van der Waals surface area contributed by atoms with Crippen LogP contribution in [-0.2, 0) is 19.1 Å². The predicted octanol–water partition coefficient (Wildman–Crippen LogP) is 5.60. The molecule has 1 atom stereocenters. The van der Waals surface area contributed by atoms with E-state index in [4.69, 9.17) is 4.74 Å². The molecule has 1 aromatic heterocycles. The number of halogens is 1. The summed E-state index contributed by atoms with van der Waals surface area (Å²) in [5.41, 5.74) is 0.804. The van der Waals surface area contributed by atoms with Crippen molar-refractivity contribution in [2.75, 3.05) is 59.0 Å². The smallest absolute Gasteiger partial charge is 0.265 e. The van der Waals surface area contributed by atoms with E-state index in [0.717, 1.165) is 58.0 Å². The highest BCUT2D eigenvalue weighted by Crippen LogP contribution is 2.54. The number of nitrogens with one attached hydrogen (secondary N) is 1. The number of carbonyl (C=O) groups excluding carboxylic acids is 4. The van der Waals surface area contributed by atoms with Crippen molar-refractivity contribution in [3.8, 4) is 0 Å². The lowest BCUT2D eigenvalue weighted by Crippen LogP contribution is -2.60. The third-order valence-electron chi connectivity index (χ3n) is 10.2. The van der Waals surface area contributed by atoms with Gasteiger partial charge in [-0.3, -0.25) is 24.2 Å². The molecule has 0 radical (unpaired) electrons. The number of alkyl halides is 1. The Hall–Kier alpha value is -2.86. The Morgan fingerprint density at radius 3 is 2.27 bits per heavy atom. The zero-order valence-corrected chi connectivity index (χ0v) is 30.4. The second-order valence-electron chi connectivity index (χ2n) is 14.3. The first-order chi connectivity index (χ1) is 23.0. The van der Waals surface area contributed by atoms with Gasteiger partial charge in [-0.05, 0) is 37.0 Å². The predicted molar refractivity (Wildman–Crippen MR) is 189 cm³/mol. The molecule has 0 bridgehead atoms. The number of amides is 4. The number of piperidine rings is 1. The quantitative estimate of drug-likeness (QED) is 0.194. The summed E-state index contributed by atoms with van der Waals surface area (Å²) >= 11 is 1.39. The van der Waals surface area contributed by atoms with Gasteiger partial charge >= 0.3 is 0 Å². The number of hydrogen-bond donors (Lipinski definition) is 1. The third-order valence-corrected chi connectivity index (χ3v) is 11.0. The fourth-order valence-corrected chi connectivity index (χ4v) is 7.46. The zero-order valence-electron chi connectivity index (χ0n) is 29.6. The number of aromatic nitrogens is 1. The van der Waals surface area contributed by atoms with Crippen molar-refractivity contribution < 1.29 is 29.7 Å². The lowest BCUT2D eigenvalue weighted by molar-refractivity contribution is -0.144. The monoisotopic (exact) mass is 693 g/mol. The summed E-state index contributed by atoms with van der Waals surface area (Å²) in [5, 5.41) is 2.58. The van der Waals surface area contributed by atoms with Crippen LogP contribution in [0.25, 0.3) is 0 Å². The van der Waals surface area contributed by atoms with Crippen LogP contribution in [0.1, 0.15) is 96.6 Å². The van der Waals surface area contributed by atoms with Crippen molar-refractivity contribution in [3.05, 3.63) is 29.2 Å². The van der Waals surface area contributed by atoms with E-state index in [1.165, 1.54) is 49.5 Å². The second-order valence-corrected chi connectivity index (χ2v) is 15.2. The Balaban J connectivity index is 0.000000266. The fraction of sp³-hybridized carbons (Fsp3) is 0.750. The lowest BCUT2D eigenvalue weighted by Gasteiger charge is -2.48. The number of likely N-dealkylation sites (tertiary alicyclic amines) is 3. The largest absolute Gasteiger partial charge is 0.379 e. The van der Waals surface area contributed by atoms with Crippen molar-refractivity contribution in [2.24, 2.45) is 22.7 Å². The van der Waals surface area contributed by atoms with E-state index in [0.29, 0.717) is 56.3 Å². The minimum Gasteiger partial charge on any atom is -0.379 e. The van der Waals surface area contributed by atoms with E-state index in [1.54, 1.807) is 16.6 Å². The molecule has 1 aromatic rings. The minimum atomic E-state index is -1.24. The van der Waals surface area contributed by atoms with Crippen LogP contribution in [0.15, 0.2) is 24.4 Å². The summed E-state index contributed by atoms with van der Waals surface area (Å²) < 4.78 is 18.8. The number of ether oxygens (including phenoxy) is 1. The third kappa shape index (κ3) is 11.4. The molecular formula is C36H60FN5O5S. The lowest BCUT2D eigenvalue weighted by atomic mass is 9.78. The number of carbonyl (C=O) groups is 4. The molecule has 2 saturated carbocycles. The highest BCUT2D eigenvalue weighted by atomic mass is 32.1. The summed E-state index contributed by atoms with van der Waals surface area (Å²) in [6, 6.07) is 0. The molecule has 1 spiro atoms. The number of rotatable bonds is 10. The number of thiazole rings is 1. The zero-order chi connectivity index (χ0) is 35.2. The molecule has 1 N–H and O–H groups in total. The van der Waals surface area contributed by atoms with E-state index < -0.39 is 5.67 Å². The molecule has 4 heterocycles. The van der Waals surface area contributed by atoms with Crippen molar-refractivity contribution in [3.63, 3.8) is 0 Å². The van der Waals surface area contributed by atoms with Gasteiger partial charge in [0, 0.05) is 78.0 Å². The summed E-state index contributed by atoms with van der Waals surface area (Å²) in [6.45, 7) is 18.1. The molecule has 0 aromatic carbocycles. The Morgan fingerprint density at radius 2 is 1.73 bits per heavy atom. The topological polar surface area (TPSA) is 112 Å². The van der Waals surface area contributed by atoms with E-state index in [1.807, 2.05) is 23.6 Å². The maximum atomic E-state index is 13.4. The van der Waals surface area contributed by atoms with Crippen LogP contribution in [-0.4, -0.2) is 109 Å². The fourth-order valence-electron chi connectivity index (χ4n) is 6.87. The van der Waals surface area contributed by atoms with Crippen LogP contribution in [0, 0.1) is 22.7 Å². The van der Waals surface area contributed by atoms with Gasteiger partial charge in [0.25, 0.3) is 5.91 Å². The van der Waals surface area contributed by atoms with Crippen LogP contribution >= 0.6 is 11.3 Å². The summed E-state index contributed by atoms with van der Waals surface area (Å²) in [6.07, 6.45) is 14.0. The van der Waals surface area contributed by atoms with Gasteiger partial charge in [0.15, 0.2) is 0 Å². The SMILES string of the molecule is C=CC1(F)CCN(C=O)CC1.CC.CC1(C)C[C@@H]1C(=O)N1CC2(CCN(C(=O)c3cncs3)C2)C1.O=CNCCOCC1CCCCC1.[HH]. The first-order valence-electron chi connectivity index (χ1n) is 17.8. The van der Waals surface area contributed by atoms with Gasteiger partial charge < -0.3 is 24.8 Å². The number of hydrogen-bond acceptors (Lipinski definition) is 7. The Morgan fingerprint density at radius 1 is 1.08 bits per heavy atom. The minimum absolute atomic E-state index is 0. The van der Waals surface area contributed by atoms with E-state index >= 15 is 0 Å². The van der Waals surface area contributed by atoms with Gasteiger partial charge in [0.05, 0.1) is 18.3 Å². The molecule has 272 valence electrons. The summed E-state index contributed by atoms with van der Waals surface area (Å²) in [4.78, 5) is 55.1. The molecular weight excluding hydrogens is 633 g/mol. The van der Waals surface area contributed by atoms with Gasteiger partial charge in [-0.25, -0.2) is 4.39 Å². The highest BCUT2D eigenvalue weighted by Gasteiger charge is 2.57. The van der Waals surface area contributed by atoms with Gasteiger partial charge in [0.2, 0.25) is 18.7 Å². The van der Waals surface area contributed by atoms with Crippen molar-refractivity contribution >= 4 is 36.0 Å². The maximum absolute atomic E-state index is 13.4. The molecule has 10 nitrogen and oxygen atoms in total. The second kappa shape index (κ2) is 18.8. The molecule has 4 amide bonds. The molecule has 0 unspecified atom stereocenters. The summed E-state index contributed by atoms with van der Waals surface area (Å²) in [5.74, 6) is 1.40. The molecule has 2 aliphatic carbocycles. The van der Waals surface area contributed by atoms with Crippen molar-refractivity contribution in [1.82, 2.24) is 25.0 Å². The van der Waals surface area contributed by atoms with Crippen LogP contribution in [0.4, 0.5) is 4.39 Å². The molecule has 6 rings (SSSR count). The van der Waals surface area contributed by atoms with Crippen molar-refractivity contribution in [1.29, 1.82) is 0 Å². The summed E-state index contributed by atoms with van der Waals surface area (Å²) in [7, 11) is 0. The Bertz CT molecular complexity index is 1170. The van der Waals surface area contributed by atoms with Crippen molar-refractivity contribution in [2.45, 2.75) is 91.2 Å². The Kier molecular flexibility index (Phi) is 15.5. The molecule has 12 heteroatoms. The van der Waals surface area contributed by atoms with Crippen LogP contribution in [0.2, 0.25) is 0 Å². The van der Waals surface area contributed by atoms with Gasteiger partial charge in [-0.2, -0.15) is 0 Å². The van der Waals surface area contributed by atoms with E-state index in [2.05, 4.69) is 30.7 Å². The van der Waals surface area contributed by atoms with Crippen LogP contribution < -0.4 is 5.32 Å². The molecule has 3 saturated heterocycles. The molecule has 5 fully saturated rings. The van der Waals surface area contributed by atoms with Gasteiger partial charge in [-0.1, -0.05) is 59.6 Å². The van der Waals surface area contributed by atoms with E-state index in [9.17, 15) is 23.6 Å². The normalized spacial score (nSPS) is 23.1. The molecule has 3 aliphatic heterocycles. The number of nitrogens with zero attached hydrogens (tertiary/aromatic N) is 4. The maximum Gasteiger partial charge on any atom is 0.265 e.